The van der Waals surface area contributed by atoms with E-state index in [1.165, 1.54) is 18.4 Å². The van der Waals surface area contributed by atoms with Crippen molar-refractivity contribution in [2.24, 2.45) is 0 Å². The fraction of sp³-hybridized carbons (Fsp3) is 0.500. The normalized spacial score (nSPS) is 15.3. The minimum absolute atomic E-state index is 0.657. The Balaban J connectivity index is 1.96. The summed E-state index contributed by atoms with van der Waals surface area (Å²) < 4.78 is 5.38. The minimum Gasteiger partial charge on any atom is -0.492 e. The topological polar surface area (TPSA) is 47.3 Å². The highest BCUT2D eigenvalue weighted by atomic mass is 16.5. The molecule has 0 aromatic heterocycles. The summed E-state index contributed by atoms with van der Waals surface area (Å²) in [5.74, 6) is 0.785. The van der Waals surface area contributed by atoms with E-state index in [0.29, 0.717) is 6.61 Å². The third-order valence-corrected chi connectivity index (χ3v) is 2.55. The van der Waals surface area contributed by atoms with E-state index < -0.39 is 0 Å². The molecule has 1 fully saturated rings. The minimum atomic E-state index is 0.657. The van der Waals surface area contributed by atoms with Gasteiger partial charge in [-0.25, -0.2) is 0 Å². The van der Waals surface area contributed by atoms with Gasteiger partial charge in [0.1, 0.15) is 5.75 Å². The van der Waals surface area contributed by atoms with Gasteiger partial charge in [0.2, 0.25) is 0 Å². The van der Waals surface area contributed by atoms with Crippen molar-refractivity contribution in [2.45, 2.75) is 32.4 Å². The van der Waals surface area contributed by atoms with Gasteiger partial charge in [0.15, 0.2) is 0 Å². The standard InChI is InChI=1S/C12H18N2O/c1-2-15-12-6-3-9(7-11(12)13)8-14-10-4-5-10/h3,6-7,10,14H,2,4-5,8,13H2,1H3. The van der Waals surface area contributed by atoms with Crippen LogP contribution in [0.25, 0.3) is 0 Å². The van der Waals surface area contributed by atoms with E-state index in [1.54, 1.807) is 0 Å². The Morgan fingerprint density at radius 1 is 1.47 bits per heavy atom. The zero-order chi connectivity index (χ0) is 10.7. The number of hydrogen-bond donors (Lipinski definition) is 2. The molecule has 0 atom stereocenters. The fourth-order valence-corrected chi connectivity index (χ4v) is 1.54. The third-order valence-electron chi connectivity index (χ3n) is 2.55. The van der Waals surface area contributed by atoms with Gasteiger partial charge in [0, 0.05) is 12.6 Å². The SMILES string of the molecule is CCOc1ccc(CNC2CC2)cc1N. The van der Waals surface area contributed by atoms with Crippen LogP contribution in [0.1, 0.15) is 25.3 Å². The summed E-state index contributed by atoms with van der Waals surface area (Å²) in [6.45, 7) is 3.52. The van der Waals surface area contributed by atoms with Gasteiger partial charge in [-0.2, -0.15) is 0 Å². The Labute approximate surface area is 90.6 Å². The molecular formula is C12H18N2O. The first-order chi connectivity index (χ1) is 7.29. The monoisotopic (exact) mass is 206 g/mol. The lowest BCUT2D eigenvalue weighted by molar-refractivity contribution is 0.342. The van der Waals surface area contributed by atoms with Crippen molar-refractivity contribution in [3.8, 4) is 5.75 Å². The number of nitrogens with two attached hydrogens (primary N) is 1. The summed E-state index contributed by atoms with van der Waals surface area (Å²) in [5.41, 5.74) is 7.83. The van der Waals surface area contributed by atoms with E-state index >= 15 is 0 Å². The van der Waals surface area contributed by atoms with E-state index in [9.17, 15) is 0 Å². The molecule has 0 bridgehead atoms. The van der Waals surface area contributed by atoms with Gasteiger partial charge < -0.3 is 15.8 Å². The molecule has 0 saturated heterocycles. The largest absolute Gasteiger partial charge is 0.492 e. The summed E-state index contributed by atoms with van der Waals surface area (Å²) in [5, 5.41) is 3.46. The van der Waals surface area contributed by atoms with Crippen LogP contribution in [0, 0.1) is 0 Å². The molecule has 3 heteroatoms. The Morgan fingerprint density at radius 3 is 2.87 bits per heavy atom. The second kappa shape index (κ2) is 4.53. The second-order valence-corrected chi connectivity index (χ2v) is 3.96. The van der Waals surface area contributed by atoms with Crippen LogP contribution in [-0.2, 0) is 6.54 Å². The maximum Gasteiger partial charge on any atom is 0.142 e. The molecule has 1 aliphatic carbocycles. The van der Waals surface area contributed by atoms with Gasteiger partial charge in [-0.3, -0.25) is 0 Å². The van der Waals surface area contributed by atoms with Gasteiger partial charge in [0.25, 0.3) is 0 Å². The molecule has 0 radical (unpaired) electrons. The second-order valence-electron chi connectivity index (χ2n) is 3.96. The highest BCUT2D eigenvalue weighted by Crippen LogP contribution is 2.23. The van der Waals surface area contributed by atoms with Crippen molar-refractivity contribution >= 4 is 5.69 Å². The Hall–Kier alpha value is -1.22. The van der Waals surface area contributed by atoms with Crippen LogP contribution < -0.4 is 15.8 Å². The average Bonchev–Trinajstić information content (AvgIpc) is 3.03. The zero-order valence-corrected chi connectivity index (χ0v) is 9.12. The Morgan fingerprint density at radius 2 is 2.27 bits per heavy atom. The van der Waals surface area contributed by atoms with Crippen molar-refractivity contribution in [2.75, 3.05) is 12.3 Å². The highest BCUT2D eigenvalue weighted by Gasteiger charge is 2.19. The van der Waals surface area contributed by atoms with Crippen LogP contribution in [0.4, 0.5) is 5.69 Å². The zero-order valence-electron chi connectivity index (χ0n) is 9.12. The maximum absolute atomic E-state index is 5.88. The molecule has 3 N–H and O–H groups in total. The van der Waals surface area contributed by atoms with Crippen molar-refractivity contribution in [1.82, 2.24) is 5.32 Å². The van der Waals surface area contributed by atoms with Crippen LogP contribution in [0.3, 0.4) is 0 Å². The van der Waals surface area contributed by atoms with Crippen molar-refractivity contribution in [3.05, 3.63) is 23.8 Å². The lowest BCUT2D eigenvalue weighted by Crippen LogP contribution is -2.15. The fourth-order valence-electron chi connectivity index (χ4n) is 1.54. The van der Waals surface area contributed by atoms with E-state index in [-0.39, 0.29) is 0 Å². The smallest absolute Gasteiger partial charge is 0.142 e. The number of anilines is 1. The van der Waals surface area contributed by atoms with Crippen LogP contribution in [-0.4, -0.2) is 12.6 Å². The molecule has 0 amide bonds. The maximum atomic E-state index is 5.88. The predicted octanol–water partition coefficient (Wildman–Crippen LogP) is 1.92. The van der Waals surface area contributed by atoms with Crippen LogP contribution in [0.15, 0.2) is 18.2 Å². The summed E-state index contributed by atoms with van der Waals surface area (Å²) in [6, 6.07) is 6.73. The molecule has 15 heavy (non-hydrogen) atoms. The summed E-state index contributed by atoms with van der Waals surface area (Å²) in [4.78, 5) is 0. The van der Waals surface area contributed by atoms with Crippen LogP contribution in [0.5, 0.6) is 5.75 Å². The molecule has 3 nitrogen and oxygen atoms in total. The van der Waals surface area contributed by atoms with Gasteiger partial charge in [-0.15, -0.1) is 0 Å². The molecule has 1 aromatic rings. The summed E-state index contributed by atoms with van der Waals surface area (Å²) >= 11 is 0. The van der Waals surface area contributed by atoms with Crippen molar-refractivity contribution in [1.29, 1.82) is 0 Å². The molecule has 0 spiro atoms. The molecular weight excluding hydrogens is 188 g/mol. The number of hydrogen-bond acceptors (Lipinski definition) is 3. The first-order valence-corrected chi connectivity index (χ1v) is 5.54. The number of nitrogen functional groups attached to an aromatic ring is 1. The first kappa shape index (κ1) is 10.3. The number of ether oxygens (including phenoxy) is 1. The number of benzene rings is 1. The molecule has 2 rings (SSSR count). The molecule has 82 valence electrons. The Kier molecular flexibility index (Phi) is 3.11. The van der Waals surface area contributed by atoms with Gasteiger partial charge in [-0.05, 0) is 37.5 Å². The van der Waals surface area contributed by atoms with Crippen molar-refractivity contribution in [3.63, 3.8) is 0 Å². The van der Waals surface area contributed by atoms with E-state index in [0.717, 1.165) is 24.0 Å². The molecule has 0 unspecified atom stereocenters. The number of rotatable bonds is 5. The molecule has 0 aliphatic heterocycles. The molecule has 1 aliphatic rings. The summed E-state index contributed by atoms with van der Waals surface area (Å²) in [6.07, 6.45) is 2.62. The predicted molar refractivity (Wildman–Crippen MR) is 61.9 cm³/mol. The lowest BCUT2D eigenvalue weighted by Gasteiger charge is -2.09. The average molecular weight is 206 g/mol. The van der Waals surface area contributed by atoms with Crippen molar-refractivity contribution < 1.29 is 4.74 Å². The summed E-state index contributed by atoms with van der Waals surface area (Å²) in [7, 11) is 0. The lowest BCUT2D eigenvalue weighted by atomic mass is 10.2. The van der Waals surface area contributed by atoms with Crippen LogP contribution >= 0.6 is 0 Å². The van der Waals surface area contributed by atoms with E-state index in [1.807, 2.05) is 19.1 Å². The van der Waals surface area contributed by atoms with Crippen LogP contribution in [0.2, 0.25) is 0 Å². The molecule has 1 saturated carbocycles. The molecule has 0 heterocycles. The van der Waals surface area contributed by atoms with Gasteiger partial charge in [-0.1, -0.05) is 6.07 Å². The van der Waals surface area contributed by atoms with E-state index in [2.05, 4.69) is 11.4 Å². The Bertz CT molecular complexity index is 334. The van der Waals surface area contributed by atoms with E-state index in [4.69, 9.17) is 10.5 Å². The third kappa shape index (κ3) is 2.86. The first-order valence-electron chi connectivity index (χ1n) is 5.54. The highest BCUT2D eigenvalue weighted by molar-refractivity contribution is 5.54. The molecule has 1 aromatic carbocycles. The number of nitrogens with one attached hydrogen (secondary N) is 1. The van der Waals surface area contributed by atoms with Gasteiger partial charge in [0.05, 0.1) is 12.3 Å². The van der Waals surface area contributed by atoms with Gasteiger partial charge >= 0.3 is 0 Å². The quantitative estimate of drug-likeness (QED) is 0.723.